The molecule has 0 radical (unpaired) electrons. The summed E-state index contributed by atoms with van der Waals surface area (Å²) in [6, 6.07) is 0. The van der Waals surface area contributed by atoms with Crippen molar-refractivity contribution in [2.45, 2.75) is 52.3 Å². The van der Waals surface area contributed by atoms with Crippen molar-refractivity contribution >= 4 is 13.5 Å². The highest BCUT2D eigenvalue weighted by atomic mass is 16.4. The molecule has 0 aromatic rings. The fourth-order valence-corrected chi connectivity index (χ4v) is 4.53. The molecule has 2 aliphatic rings. The lowest BCUT2D eigenvalue weighted by Gasteiger charge is -2.23. The first-order chi connectivity index (χ1) is 9.04. The fourth-order valence-electron chi connectivity index (χ4n) is 4.53. The van der Waals surface area contributed by atoms with E-state index in [9.17, 15) is 9.90 Å². The summed E-state index contributed by atoms with van der Waals surface area (Å²) in [6.07, 6.45) is 6.14. The monoisotopic (exact) mass is 266 g/mol. The summed E-state index contributed by atoms with van der Waals surface area (Å²) in [6.45, 7) is 4.59. The van der Waals surface area contributed by atoms with Gasteiger partial charge in [0.2, 0.25) is 0 Å². The Labute approximate surface area is 117 Å². The zero-order valence-electron chi connectivity index (χ0n) is 12.2. The lowest BCUT2D eigenvalue weighted by molar-refractivity contribution is -0.143. The van der Waals surface area contributed by atoms with E-state index < -0.39 is 5.97 Å². The summed E-state index contributed by atoms with van der Waals surface area (Å²) in [5.41, 5.74) is 0. The van der Waals surface area contributed by atoms with Gasteiger partial charge in [-0.1, -0.05) is 26.6 Å². The summed E-state index contributed by atoms with van der Waals surface area (Å²) in [7, 11) is 0.229. The van der Waals surface area contributed by atoms with Gasteiger partial charge in [-0.2, -0.15) is 0 Å². The second-order valence-corrected chi connectivity index (χ2v) is 6.96. The van der Waals surface area contributed by atoms with Gasteiger partial charge in [-0.25, -0.2) is 0 Å². The largest absolute Gasteiger partial charge is 0.481 e. The lowest BCUT2D eigenvalue weighted by Crippen LogP contribution is -2.23. The standard InChI is InChI=1S/C15H27BO3/c1-9(2)10-6-11-8-14(15(17)18)12(13(11)7-10)4-3-5-16-19/h9-14,16,19H,3-8H2,1-2H3,(H,17,18). The quantitative estimate of drug-likeness (QED) is 0.573. The van der Waals surface area contributed by atoms with Crippen LogP contribution < -0.4 is 0 Å². The minimum Gasteiger partial charge on any atom is -0.481 e. The van der Waals surface area contributed by atoms with Crippen molar-refractivity contribution in [1.29, 1.82) is 0 Å². The van der Waals surface area contributed by atoms with Crippen LogP contribution in [0.5, 0.6) is 0 Å². The number of rotatable bonds is 6. The number of aliphatic carboxylic acids is 1. The van der Waals surface area contributed by atoms with Crippen molar-refractivity contribution in [3.63, 3.8) is 0 Å². The molecule has 5 atom stereocenters. The Hall–Kier alpha value is -0.505. The van der Waals surface area contributed by atoms with Gasteiger partial charge < -0.3 is 10.1 Å². The molecule has 0 aliphatic heterocycles. The van der Waals surface area contributed by atoms with Crippen LogP contribution in [-0.4, -0.2) is 23.6 Å². The van der Waals surface area contributed by atoms with Crippen LogP contribution in [0.2, 0.25) is 6.32 Å². The Morgan fingerprint density at radius 2 is 2.05 bits per heavy atom. The van der Waals surface area contributed by atoms with E-state index in [0.717, 1.165) is 37.4 Å². The van der Waals surface area contributed by atoms with Gasteiger partial charge in [-0.15, -0.1) is 0 Å². The normalized spacial score (nSPS) is 37.6. The molecular formula is C15H27BO3. The minimum atomic E-state index is -0.593. The molecule has 4 heteroatoms. The minimum absolute atomic E-state index is 0.123. The predicted molar refractivity (Wildman–Crippen MR) is 77.2 cm³/mol. The molecule has 2 N–H and O–H groups in total. The van der Waals surface area contributed by atoms with E-state index in [1.165, 1.54) is 12.8 Å². The number of carbonyl (C=O) groups is 1. The molecule has 3 nitrogen and oxygen atoms in total. The number of carboxylic acid groups (broad SMARTS) is 1. The van der Waals surface area contributed by atoms with E-state index in [-0.39, 0.29) is 13.4 Å². The molecular weight excluding hydrogens is 239 g/mol. The van der Waals surface area contributed by atoms with Crippen LogP contribution >= 0.6 is 0 Å². The van der Waals surface area contributed by atoms with E-state index in [1.807, 2.05) is 0 Å². The van der Waals surface area contributed by atoms with E-state index in [4.69, 9.17) is 5.02 Å². The average molecular weight is 266 g/mol. The molecule has 0 saturated heterocycles. The van der Waals surface area contributed by atoms with Gasteiger partial charge in [0.1, 0.15) is 0 Å². The molecule has 0 spiro atoms. The van der Waals surface area contributed by atoms with E-state index >= 15 is 0 Å². The van der Waals surface area contributed by atoms with Gasteiger partial charge in [0.25, 0.3) is 7.48 Å². The molecule has 5 unspecified atom stereocenters. The van der Waals surface area contributed by atoms with E-state index in [0.29, 0.717) is 17.8 Å². The topological polar surface area (TPSA) is 57.5 Å². The Balaban J connectivity index is 2.00. The number of carboxylic acids is 1. The molecule has 0 aromatic carbocycles. The van der Waals surface area contributed by atoms with Crippen molar-refractivity contribution in [2.75, 3.05) is 0 Å². The van der Waals surface area contributed by atoms with Crippen LogP contribution in [0.25, 0.3) is 0 Å². The maximum absolute atomic E-state index is 11.4. The molecule has 0 amide bonds. The smallest absolute Gasteiger partial charge is 0.306 e. The van der Waals surface area contributed by atoms with Crippen molar-refractivity contribution in [2.24, 2.45) is 35.5 Å². The average Bonchev–Trinajstić information content (AvgIpc) is 2.88. The molecule has 2 aliphatic carbocycles. The summed E-state index contributed by atoms with van der Waals surface area (Å²) in [5, 5.41) is 18.3. The van der Waals surface area contributed by atoms with Crippen LogP contribution in [-0.2, 0) is 4.79 Å². The molecule has 0 bridgehead atoms. The van der Waals surface area contributed by atoms with Crippen LogP contribution in [0, 0.1) is 35.5 Å². The van der Waals surface area contributed by atoms with Crippen LogP contribution in [0.15, 0.2) is 0 Å². The summed E-state index contributed by atoms with van der Waals surface area (Å²) >= 11 is 0. The van der Waals surface area contributed by atoms with E-state index in [1.54, 1.807) is 0 Å². The highest BCUT2D eigenvalue weighted by Gasteiger charge is 2.50. The first kappa shape index (κ1) is 14.9. The van der Waals surface area contributed by atoms with Gasteiger partial charge in [-0.3, -0.25) is 4.79 Å². The van der Waals surface area contributed by atoms with Gasteiger partial charge in [0.05, 0.1) is 5.92 Å². The zero-order chi connectivity index (χ0) is 14.0. The maximum Gasteiger partial charge on any atom is 0.306 e. The van der Waals surface area contributed by atoms with E-state index in [2.05, 4.69) is 13.8 Å². The number of hydrogen-bond donors (Lipinski definition) is 2. The fraction of sp³-hybridized carbons (Fsp3) is 0.933. The molecule has 0 heterocycles. The Morgan fingerprint density at radius 1 is 1.32 bits per heavy atom. The Kier molecular flexibility index (Phi) is 4.94. The van der Waals surface area contributed by atoms with Gasteiger partial charge in [0.15, 0.2) is 0 Å². The van der Waals surface area contributed by atoms with Gasteiger partial charge in [0, 0.05) is 0 Å². The molecule has 0 aromatic heterocycles. The van der Waals surface area contributed by atoms with Crippen LogP contribution in [0.3, 0.4) is 0 Å². The number of fused-ring (bicyclic) bond motifs is 1. The first-order valence-electron chi connectivity index (χ1n) is 7.88. The molecule has 108 valence electrons. The van der Waals surface area contributed by atoms with Crippen molar-refractivity contribution < 1.29 is 14.9 Å². The summed E-state index contributed by atoms with van der Waals surface area (Å²) in [5.74, 6) is 2.45. The molecule has 2 saturated carbocycles. The van der Waals surface area contributed by atoms with Crippen molar-refractivity contribution in [3.8, 4) is 0 Å². The SMILES string of the molecule is CC(C)C1CC2CC(C(=O)O)C(CCCBO)C2C1. The van der Waals surface area contributed by atoms with Gasteiger partial charge >= 0.3 is 5.97 Å². The number of hydrogen-bond acceptors (Lipinski definition) is 2. The van der Waals surface area contributed by atoms with Crippen LogP contribution in [0.1, 0.15) is 46.0 Å². The lowest BCUT2D eigenvalue weighted by atomic mass is 9.79. The third-order valence-electron chi connectivity index (χ3n) is 5.61. The second-order valence-electron chi connectivity index (χ2n) is 6.96. The third-order valence-corrected chi connectivity index (χ3v) is 5.61. The predicted octanol–water partition coefficient (Wildman–Crippen LogP) is 2.55. The van der Waals surface area contributed by atoms with Crippen LogP contribution in [0.4, 0.5) is 0 Å². The second kappa shape index (κ2) is 6.30. The summed E-state index contributed by atoms with van der Waals surface area (Å²) < 4.78 is 0. The highest BCUT2D eigenvalue weighted by molar-refractivity contribution is 6.25. The first-order valence-corrected chi connectivity index (χ1v) is 7.88. The van der Waals surface area contributed by atoms with Crippen molar-refractivity contribution in [1.82, 2.24) is 0 Å². The third kappa shape index (κ3) is 3.15. The zero-order valence-corrected chi connectivity index (χ0v) is 12.2. The Morgan fingerprint density at radius 3 is 2.63 bits per heavy atom. The van der Waals surface area contributed by atoms with Crippen molar-refractivity contribution in [3.05, 3.63) is 0 Å². The Bertz CT molecular complexity index is 319. The highest BCUT2D eigenvalue weighted by Crippen LogP contribution is 2.55. The molecule has 19 heavy (non-hydrogen) atoms. The molecule has 2 rings (SSSR count). The summed E-state index contributed by atoms with van der Waals surface area (Å²) in [4.78, 5) is 11.4. The van der Waals surface area contributed by atoms with Gasteiger partial charge in [-0.05, 0) is 55.3 Å². The maximum atomic E-state index is 11.4. The molecule has 2 fully saturated rings.